The van der Waals surface area contributed by atoms with E-state index in [-0.39, 0.29) is 36.0 Å². The summed E-state index contributed by atoms with van der Waals surface area (Å²) < 4.78 is 0. The second-order valence-electron chi connectivity index (χ2n) is 6.22. The molecule has 0 aromatic heterocycles. The van der Waals surface area contributed by atoms with Crippen LogP contribution in [0.5, 0.6) is 0 Å². The van der Waals surface area contributed by atoms with Crippen molar-refractivity contribution in [3.63, 3.8) is 0 Å². The predicted octanol–water partition coefficient (Wildman–Crippen LogP) is 4.18. The number of fused-ring (bicyclic) bond motifs is 1. The van der Waals surface area contributed by atoms with Crippen LogP contribution in [-0.4, -0.2) is 40.6 Å². The Bertz CT molecular complexity index is 652. The van der Waals surface area contributed by atoms with Crippen LogP contribution in [0.4, 0.5) is 0 Å². The summed E-state index contributed by atoms with van der Waals surface area (Å²) in [7, 11) is 0. The molecule has 2 nitrogen and oxygen atoms in total. The normalized spacial score (nSPS) is 15.7. The summed E-state index contributed by atoms with van der Waals surface area (Å²) in [6.45, 7) is 0. The third-order valence-corrected chi connectivity index (χ3v) is 4.61. The van der Waals surface area contributed by atoms with Crippen molar-refractivity contribution in [2.24, 2.45) is 0 Å². The molecule has 2 aromatic carbocycles. The molecule has 1 radical (unpaired) electrons. The summed E-state index contributed by atoms with van der Waals surface area (Å²) in [5.74, 6) is -0.138. The van der Waals surface area contributed by atoms with E-state index in [0.717, 1.165) is 25.7 Å². The van der Waals surface area contributed by atoms with Gasteiger partial charge in [0.2, 0.25) is 0 Å². The molecule has 1 aliphatic rings. The van der Waals surface area contributed by atoms with Gasteiger partial charge in [-0.25, -0.2) is 0 Å². The van der Waals surface area contributed by atoms with E-state index in [1.165, 1.54) is 28.7 Å². The van der Waals surface area contributed by atoms with E-state index in [1.54, 1.807) is 0 Å². The number of benzene rings is 2. The molecule has 0 bridgehead atoms. The Morgan fingerprint density at radius 2 is 1.87 bits per heavy atom. The van der Waals surface area contributed by atoms with Crippen molar-refractivity contribution in [1.29, 1.82) is 0 Å². The van der Waals surface area contributed by atoms with Gasteiger partial charge in [-0.1, -0.05) is 48.5 Å². The molecule has 0 amide bonds. The standard InChI is InChI=1S/C20H22O2.Na/c21-20(22)8-4-7-17-11-12-18-10-9-16(14-19(17)18)13-15-5-2-1-3-6-15;/h1-3,5-6,9-10,14,17H,4,7-8,11-13H2,(H,21,22);. The summed E-state index contributed by atoms with van der Waals surface area (Å²) in [6, 6.07) is 17.4. The first-order valence-corrected chi connectivity index (χ1v) is 8.10. The zero-order valence-electron chi connectivity index (χ0n) is 13.8. The van der Waals surface area contributed by atoms with Crippen LogP contribution >= 0.6 is 0 Å². The summed E-state index contributed by atoms with van der Waals surface area (Å²) in [5.41, 5.74) is 5.61. The fourth-order valence-corrected chi connectivity index (χ4v) is 3.48. The van der Waals surface area contributed by atoms with Gasteiger partial charge in [-0.2, -0.15) is 0 Å². The first-order valence-electron chi connectivity index (χ1n) is 8.10. The van der Waals surface area contributed by atoms with Gasteiger partial charge in [-0.3, -0.25) is 4.79 Å². The molecule has 0 fully saturated rings. The number of aliphatic carboxylic acids is 1. The monoisotopic (exact) mass is 317 g/mol. The molecule has 0 saturated heterocycles. The first kappa shape index (κ1) is 18.3. The molecule has 23 heavy (non-hydrogen) atoms. The van der Waals surface area contributed by atoms with Crippen molar-refractivity contribution in [3.05, 3.63) is 70.8 Å². The van der Waals surface area contributed by atoms with Crippen molar-refractivity contribution in [3.8, 4) is 0 Å². The summed E-state index contributed by atoms with van der Waals surface area (Å²) in [6.07, 6.45) is 5.34. The molecule has 0 saturated carbocycles. The Morgan fingerprint density at radius 1 is 1.09 bits per heavy atom. The van der Waals surface area contributed by atoms with E-state index in [2.05, 4.69) is 42.5 Å². The fraction of sp³-hybridized carbons (Fsp3) is 0.350. The number of hydrogen-bond acceptors (Lipinski definition) is 1. The first-order chi connectivity index (χ1) is 10.7. The molecule has 1 aliphatic carbocycles. The Hall–Kier alpha value is -1.09. The van der Waals surface area contributed by atoms with Gasteiger partial charge in [0.1, 0.15) is 0 Å². The second kappa shape index (κ2) is 8.68. The van der Waals surface area contributed by atoms with Crippen LogP contribution in [0.15, 0.2) is 48.5 Å². The van der Waals surface area contributed by atoms with Crippen LogP contribution in [0.3, 0.4) is 0 Å². The summed E-state index contributed by atoms with van der Waals surface area (Å²) >= 11 is 0. The van der Waals surface area contributed by atoms with Crippen LogP contribution in [0, 0.1) is 0 Å². The minimum Gasteiger partial charge on any atom is -0.481 e. The Balaban J connectivity index is 0.00000192. The largest absolute Gasteiger partial charge is 0.481 e. The number of aryl methyl sites for hydroxylation is 1. The van der Waals surface area contributed by atoms with Crippen molar-refractivity contribution in [2.45, 2.75) is 44.4 Å². The van der Waals surface area contributed by atoms with E-state index in [4.69, 9.17) is 5.11 Å². The smallest absolute Gasteiger partial charge is 0.303 e. The summed E-state index contributed by atoms with van der Waals surface area (Å²) in [5, 5.41) is 8.79. The topological polar surface area (TPSA) is 37.3 Å². The van der Waals surface area contributed by atoms with Gasteiger partial charge >= 0.3 is 5.97 Å². The minimum absolute atomic E-state index is 0. The minimum atomic E-state index is -0.684. The molecule has 1 unspecified atom stereocenters. The van der Waals surface area contributed by atoms with Crippen LogP contribution in [0.25, 0.3) is 0 Å². The molecular formula is C20H22NaO2. The fourth-order valence-electron chi connectivity index (χ4n) is 3.48. The van der Waals surface area contributed by atoms with E-state index in [1.807, 2.05) is 6.07 Å². The third-order valence-electron chi connectivity index (χ3n) is 4.61. The molecule has 0 heterocycles. The second-order valence-corrected chi connectivity index (χ2v) is 6.22. The van der Waals surface area contributed by atoms with Gasteiger partial charge in [-0.05, 0) is 60.3 Å². The van der Waals surface area contributed by atoms with Gasteiger partial charge in [0.25, 0.3) is 0 Å². The van der Waals surface area contributed by atoms with Crippen LogP contribution in [0.2, 0.25) is 0 Å². The Kier molecular flexibility index (Phi) is 6.88. The quantitative estimate of drug-likeness (QED) is 0.812. The zero-order valence-corrected chi connectivity index (χ0v) is 15.8. The van der Waals surface area contributed by atoms with Crippen LogP contribution in [-0.2, 0) is 17.6 Å². The number of carboxylic acids is 1. The predicted molar refractivity (Wildman–Crippen MR) is 94.0 cm³/mol. The number of hydrogen-bond donors (Lipinski definition) is 1. The molecule has 115 valence electrons. The molecule has 0 aliphatic heterocycles. The van der Waals surface area contributed by atoms with E-state index in [0.29, 0.717) is 5.92 Å². The van der Waals surface area contributed by atoms with Crippen LogP contribution in [0.1, 0.15) is 53.9 Å². The molecular weight excluding hydrogens is 295 g/mol. The van der Waals surface area contributed by atoms with Crippen molar-refractivity contribution in [1.82, 2.24) is 0 Å². The van der Waals surface area contributed by atoms with Gasteiger partial charge < -0.3 is 5.11 Å². The van der Waals surface area contributed by atoms with E-state index in [9.17, 15) is 4.79 Å². The Morgan fingerprint density at radius 3 is 2.61 bits per heavy atom. The molecule has 3 heteroatoms. The third kappa shape index (κ3) is 4.94. The SMILES string of the molecule is O=C(O)CCCC1CCc2ccc(Cc3ccccc3)cc21.[Na]. The molecule has 3 rings (SSSR count). The van der Waals surface area contributed by atoms with Crippen molar-refractivity contribution >= 4 is 35.5 Å². The number of rotatable bonds is 6. The molecule has 1 atom stereocenters. The maximum Gasteiger partial charge on any atom is 0.303 e. The average Bonchev–Trinajstić information content (AvgIpc) is 2.91. The van der Waals surface area contributed by atoms with Gasteiger partial charge in [0.15, 0.2) is 0 Å². The maximum atomic E-state index is 10.7. The Labute approximate surface area is 160 Å². The summed E-state index contributed by atoms with van der Waals surface area (Å²) in [4.78, 5) is 10.7. The van der Waals surface area contributed by atoms with Gasteiger partial charge in [0, 0.05) is 36.0 Å². The number of carboxylic acid groups (broad SMARTS) is 1. The van der Waals surface area contributed by atoms with Crippen LogP contribution < -0.4 is 0 Å². The molecule has 2 aromatic rings. The maximum absolute atomic E-state index is 10.7. The van der Waals surface area contributed by atoms with Crippen molar-refractivity contribution in [2.75, 3.05) is 0 Å². The molecule has 1 N–H and O–H groups in total. The van der Waals surface area contributed by atoms with E-state index >= 15 is 0 Å². The van der Waals surface area contributed by atoms with Crippen molar-refractivity contribution < 1.29 is 9.90 Å². The van der Waals surface area contributed by atoms with Gasteiger partial charge in [0.05, 0.1) is 0 Å². The average molecular weight is 317 g/mol. The van der Waals surface area contributed by atoms with E-state index < -0.39 is 5.97 Å². The molecule has 0 spiro atoms. The van der Waals surface area contributed by atoms with Gasteiger partial charge in [-0.15, -0.1) is 0 Å². The zero-order chi connectivity index (χ0) is 15.4. The number of carbonyl (C=O) groups is 1.